The fraction of sp³-hybridized carbons (Fsp3) is 0.500. The van der Waals surface area contributed by atoms with Crippen LogP contribution < -0.4 is 0 Å². The molecule has 0 saturated carbocycles. The SMILES string of the molecule is CCn1cc(Br)c(C(F)F)n1. The molecule has 2 nitrogen and oxygen atoms in total. The zero-order chi connectivity index (χ0) is 8.43. The van der Waals surface area contributed by atoms with Crippen molar-refractivity contribution in [2.24, 2.45) is 0 Å². The highest BCUT2D eigenvalue weighted by Gasteiger charge is 2.15. The van der Waals surface area contributed by atoms with Crippen molar-refractivity contribution in [3.63, 3.8) is 0 Å². The first-order valence-electron chi connectivity index (χ1n) is 3.16. The fourth-order valence-corrected chi connectivity index (χ4v) is 1.21. The van der Waals surface area contributed by atoms with Gasteiger partial charge in [0.25, 0.3) is 6.43 Å². The Morgan fingerprint density at radius 2 is 2.36 bits per heavy atom. The topological polar surface area (TPSA) is 17.8 Å². The highest BCUT2D eigenvalue weighted by atomic mass is 79.9. The van der Waals surface area contributed by atoms with E-state index in [1.807, 2.05) is 6.92 Å². The van der Waals surface area contributed by atoms with E-state index in [0.29, 0.717) is 11.0 Å². The van der Waals surface area contributed by atoms with Crippen molar-refractivity contribution in [1.82, 2.24) is 9.78 Å². The molecule has 11 heavy (non-hydrogen) atoms. The molecule has 62 valence electrons. The second-order valence-electron chi connectivity index (χ2n) is 2.02. The van der Waals surface area contributed by atoms with Crippen LogP contribution in [0.1, 0.15) is 19.0 Å². The van der Waals surface area contributed by atoms with Gasteiger partial charge in [0.2, 0.25) is 0 Å². The van der Waals surface area contributed by atoms with Crippen LogP contribution in [0.5, 0.6) is 0 Å². The van der Waals surface area contributed by atoms with E-state index in [-0.39, 0.29) is 5.69 Å². The fourth-order valence-electron chi connectivity index (χ4n) is 0.722. The van der Waals surface area contributed by atoms with Crippen molar-refractivity contribution in [2.45, 2.75) is 19.9 Å². The van der Waals surface area contributed by atoms with Crippen LogP contribution in [0.3, 0.4) is 0 Å². The summed E-state index contributed by atoms with van der Waals surface area (Å²) in [7, 11) is 0. The summed E-state index contributed by atoms with van der Waals surface area (Å²) in [5.41, 5.74) is -0.188. The minimum absolute atomic E-state index is 0.188. The Bertz CT molecular complexity index is 247. The average Bonchev–Trinajstić information content (AvgIpc) is 2.30. The molecular formula is C6H7BrF2N2. The number of hydrogen-bond acceptors (Lipinski definition) is 1. The summed E-state index contributed by atoms with van der Waals surface area (Å²) in [5, 5.41) is 3.65. The molecule has 0 bridgehead atoms. The molecular weight excluding hydrogens is 218 g/mol. The smallest absolute Gasteiger partial charge is 0.271 e. The summed E-state index contributed by atoms with van der Waals surface area (Å²) in [5.74, 6) is 0. The van der Waals surface area contributed by atoms with Gasteiger partial charge >= 0.3 is 0 Å². The average molecular weight is 225 g/mol. The predicted octanol–water partition coefficient (Wildman–Crippen LogP) is 2.60. The lowest BCUT2D eigenvalue weighted by Gasteiger charge is -1.92. The van der Waals surface area contributed by atoms with Crippen molar-refractivity contribution in [3.05, 3.63) is 16.4 Å². The van der Waals surface area contributed by atoms with Gasteiger partial charge in [-0.3, -0.25) is 4.68 Å². The molecule has 0 amide bonds. The van der Waals surface area contributed by atoms with Crippen molar-refractivity contribution < 1.29 is 8.78 Å². The van der Waals surface area contributed by atoms with Crippen LogP contribution in [-0.2, 0) is 6.54 Å². The van der Waals surface area contributed by atoms with E-state index in [2.05, 4.69) is 21.0 Å². The lowest BCUT2D eigenvalue weighted by Crippen LogP contribution is -1.95. The Balaban J connectivity index is 2.97. The zero-order valence-corrected chi connectivity index (χ0v) is 7.48. The van der Waals surface area contributed by atoms with Crippen molar-refractivity contribution in [2.75, 3.05) is 0 Å². The molecule has 0 fully saturated rings. The molecule has 0 unspecified atom stereocenters. The zero-order valence-electron chi connectivity index (χ0n) is 5.89. The molecule has 1 rings (SSSR count). The first-order chi connectivity index (χ1) is 5.15. The number of aryl methyl sites for hydroxylation is 1. The lowest BCUT2D eigenvalue weighted by atomic mass is 10.5. The maximum absolute atomic E-state index is 12.1. The van der Waals surface area contributed by atoms with Crippen LogP contribution in [0.15, 0.2) is 10.7 Å². The normalized spacial score (nSPS) is 11.0. The standard InChI is InChI=1S/C6H7BrF2N2/c1-2-11-3-4(7)5(10-11)6(8)9/h3,6H,2H2,1H3. The Morgan fingerprint density at radius 1 is 1.73 bits per heavy atom. The van der Waals surface area contributed by atoms with Crippen LogP contribution in [0, 0.1) is 0 Å². The molecule has 0 aliphatic rings. The van der Waals surface area contributed by atoms with Gasteiger partial charge in [0, 0.05) is 12.7 Å². The minimum atomic E-state index is -2.50. The summed E-state index contributed by atoms with van der Waals surface area (Å²) >= 11 is 3.00. The van der Waals surface area contributed by atoms with Crippen molar-refractivity contribution in [1.29, 1.82) is 0 Å². The third kappa shape index (κ3) is 1.77. The number of nitrogens with zero attached hydrogens (tertiary/aromatic N) is 2. The minimum Gasteiger partial charge on any atom is -0.271 e. The van der Waals surface area contributed by atoms with Gasteiger partial charge in [-0.15, -0.1) is 0 Å². The van der Waals surface area contributed by atoms with E-state index < -0.39 is 6.43 Å². The third-order valence-electron chi connectivity index (χ3n) is 1.27. The van der Waals surface area contributed by atoms with Crippen LogP contribution in [0.2, 0.25) is 0 Å². The summed E-state index contributed by atoms with van der Waals surface area (Å²) < 4.78 is 26.0. The molecule has 0 saturated heterocycles. The Kier molecular flexibility index (Phi) is 2.59. The van der Waals surface area contributed by atoms with Crippen molar-refractivity contribution >= 4 is 15.9 Å². The van der Waals surface area contributed by atoms with E-state index in [1.165, 1.54) is 4.68 Å². The van der Waals surface area contributed by atoms with E-state index in [1.54, 1.807) is 6.20 Å². The third-order valence-corrected chi connectivity index (χ3v) is 1.88. The number of hydrogen-bond donors (Lipinski definition) is 0. The molecule has 0 N–H and O–H groups in total. The van der Waals surface area contributed by atoms with Crippen LogP contribution in [-0.4, -0.2) is 9.78 Å². The number of aromatic nitrogens is 2. The van der Waals surface area contributed by atoms with Gasteiger partial charge in [0.1, 0.15) is 5.69 Å². The van der Waals surface area contributed by atoms with E-state index in [4.69, 9.17) is 0 Å². The van der Waals surface area contributed by atoms with E-state index in [9.17, 15) is 8.78 Å². The molecule has 0 aliphatic heterocycles. The summed E-state index contributed by atoms with van der Waals surface area (Å²) in [4.78, 5) is 0. The molecule has 0 aromatic carbocycles. The van der Waals surface area contributed by atoms with Gasteiger partial charge in [-0.2, -0.15) is 5.10 Å². The van der Waals surface area contributed by atoms with Gasteiger partial charge < -0.3 is 0 Å². The molecule has 0 aliphatic carbocycles. The highest BCUT2D eigenvalue weighted by molar-refractivity contribution is 9.10. The monoisotopic (exact) mass is 224 g/mol. The van der Waals surface area contributed by atoms with Crippen molar-refractivity contribution in [3.8, 4) is 0 Å². The van der Waals surface area contributed by atoms with Gasteiger partial charge in [0.05, 0.1) is 4.47 Å². The van der Waals surface area contributed by atoms with Crippen LogP contribution in [0.4, 0.5) is 8.78 Å². The van der Waals surface area contributed by atoms with Gasteiger partial charge in [0.15, 0.2) is 0 Å². The number of halogens is 3. The van der Waals surface area contributed by atoms with Gasteiger partial charge in [-0.25, -0.2) is 8.78 Å². The largest absolute Gasteiger partial charge is 0.283 e. The maximum atomic E-state index is 12.1. The Labute approximate surface area is 71.3 Å². The molecule has 0 spiro atoms. The van der Waals surface area contributed by atoms with E-state index >= 15 is 0 Å². The quantitative estimate of drug-likeness (QED) is 0.756. The van der Waals surface area contributed by atoms with Gasteiger partial charge in [-0.05, 0) is 22.9 Å². The lowest BCUT2D eigenvalue weighted by molar-refractivity contribution is 0.144. The Hall–Kier alpha value is -0.450. The molecule has 1 aromatic heterocycles. The summed E-state index contributed by atoms with van der Waals surface area (Å²) in [6.45, 7) is 2.44. The molecule has 1 heterocycles. The molecule has 5 heteroatoms. The molecule has 0 radical (unpaired) electrons. The van der Waals surface area contributed by atoms with E-state index in [0.717, 1.165) is 0 Å². The van der Waals surface area contributed by atoms with Gasteiger partial charge in [-0.1, -0.05) is 0 Å². The molecule has 0 atom stereocenters. The Morgan fingerprint density at radius 3 is 2.64 bits per heavy atom. The summed E-state index contributed by atoms with van der Waals surface area (Å²) in [6, 6.07) is 0. The predicted molar refractivity (Wildman–Crippen MR) is 40.6 cm³/mol. The maximum Gasteiger partial charge on any atom is 0.283 e. The first-order valence-corrected chi connectivity index (χ1v) is 3.95. The number of alkyl halides is 2. The van der Waals surface area contributed by atoms with Crippen LogP contribution >= 0.6 is 15.9 Å². The first kappa shape index (κ1) is 8.64. The second-order valence-corrected chi connectivity index (χ2v) is 2.87. The summed E-state index contributed by atoms with van der Waals surface area (Å²) in [6.07, 6.45) is -0.959. The number of rotatable bonds is 2. The molecule has 1 aromatic rings. The van der Waals surface area contributed by atoms with Crippen LogP contribution in [0.25, 0.3) is 0 Å². The second kappa shape index (κ2) is 3.30. The highest BCUT2D eigenvalue weighted by Crippen LogP contribution is 2.25.